The molecule has 0 saturated carbocycles. The van der Waals surface area contributed by atoms with Crippen LogP contribution in [0.3, 0.4) is 0 Å². The Morgan fingerprint density at radius 1 is 0.926 bits per heavy atom. The summed E-state index contributed by atoms with van der Waals surface area (Å²) in [6.45, 7) is 16.2. The van der Waals surface area contributed by atoms with Gasteiger partial charge in [-0.15, -0.1) is 13.2 Å². The zero-order valence-corrected chi connectivity index (χ0v) is 32.9. The average molecular weight is 800 g/mol. The lowest BCUT2D eigenvalue weighted by molar-refractivity contribution is -0.144. The average Bonchev–Trinajstić information content (AvgIpc) is 3.79. The minimum Gasteiger partial charge on any atom is -0.494 e. The number of aliphatic hydroxyl groups excluding tert-OH is 1. The van der Waals surface area contributed by atoms with Gasteiger partial charge in [0.05, 0.1) is 37.2 Å². The Kier molecular flexibility index (Phi) is 12.3. The number of anilines is 3. The third-order valence-electron chi connectivity index (χ3n) is 11.1. The predicted octanol–water partition coefficient (Wildman–Crippen LogP) is 6.02. The molecule has 3 heterocycles. The SMILES string of the molecule is C=CCN(C(=O)C1N([C@@H](CO)Cc2ccccc2)C(=O)[C@@H]2[C@@H](C(=O)N(CC=C)c3ccc(OCC)cc3)[C@@H]3OC12CC3Br)c1ccc(N(CC)CC)cc1. The summed E-state index contributed by atoms with van der Waals surface area (Å²) in [5.74, 6) is -2.20. The second-order valence-corrected chi connectivity index (χ2v) is 15.2. The maximum atomic E-state index is 15.3. The lowest BCUT2D eigenvalue weighted by Crippen LogP contribution is -2.59. The molecule has 0 radical (unpaired) electrons. The fourth-order valence-corrected chi connectivity index (χ4v) is 9.65. The molecular formula is C43H51BrN4O6. The highest BCUT2D eigenvalue weighted by atomic mass is 79.9. The Balaban J connectivity index is 1.44. The number of likely N-dealkylation sites (tertiary alicyclic amines) is 1. The molecule has 3 unspecified atom stereocenters. The Morgan fingerprint density at radius 3 is 2.06 bits per heavy atom. The van der Waals surface area contributed by atoms with Gasteiger partial charge < -0.3 is 34.2 Å². The fraction of sp³-hybridized carbons (Fsp3) is 0.419. The maximum absolute atomic E-state index is 15.3. The van der Waals surface area contributed by atoms with Crippen molar-refractivity contribution >= 4 is 50.7 Å². The van der Waals surface area contributed by atoms with Gasteiger partial charge >= 0.3 is 0 Å². The summed E-state index contributed by atoms with van der Waals surface area (Å²) in [7, 11) is 0. The molecule has 3 aromatic carbocycles. The van der Waals surface area contributed by atoms with Gasteiger partial charge in [-0.3, -0.25) is 14.4 Å². The van der Waals surface area contributed by atoms with Crippen LogP contribution in [0.15, 0.2) is 104 Å². The number of fused-ring (bicyclic) bond motifs is 1. The van der Waals surface area contributed by atoms with Crippen LogP contribution in [0.2, 0.25) is 0 Å². The largest absolute Gasteiger partial charge is 0.494 e. The molecule has 7 atom stereocenters. The fourth-order valence-electron chi connectivity index (χ4n) is 8.71. The zero-order chi connectivity index (χ0) is 38.6. The van der Waals surface area contributed by atoms with Gasteiger partial charge in [-0.1, -0.05) is 58.4 Å². The first kappa shape index (κ1) is 39.2. The summed E-state index contributed by atoms with van der Waals surface area (Å²) >= 11 is 3.82. The van der Waals surface area contributed by atoms with Gasteiger partial charge in [-0.05, 0) is 87.7 Å². The van der Waals surface area contributed by atoms with Crippen LogP contribution in [0.4, 0.5) is 17.1 Å². The molecule has 3 aliphatic rings. The molecule has 3 amide bonds. The molecule has 3 aromatic rings. The number of carbonyl (C=O) groups excluding carboxylic acids is 3. The van der Waals surface area contributed by atoms with Crippen LogP contribution in [0.25, 0.3) is 0 Å². The number of benzene rings is 3. The number of nitrogens with zero attached hydrogens (tertiary/aromatic N) is 4. The summed E-state index contributed by atoms with van der Waals surface area (Å²) < 4.78 is 12.5. The molecule has 0 aliphatic carbocycles. The van der Waals surface area contributed by atoms with Crippen LogP contribution >= 0.6 is 15.9 Å². The van der Waals surface area contributed by atoms with Crippen molar-refractivity contribution < 1.29 is 29.0 Å². The maximum Gasteiger partial charge on any atom is 0.253 e. The van der Waals surface area contributed by atoms with E-state index in [0.29, 0.717) is 36.6 Å². The number of amides is 3. The van der Waals surface area contributed by atoms with Crippen molar-refractivity contribution in [1.82, 2.24) is 4.90 Å². The summed E-state index contributed by atoms with van der Waals surface area (Å²) in [5, 5.41) is 11.0. The van der Waals surface area contributed by atoms with Crippen LogP contribution in [0.1, 0.15) is 32.8 Å². The quantitative estimate of drug-likeness (QED) is 0.132. The van der Waals surface area contributed by atoms with Crippen LogP contribution in [0.5, 0.6) is 5.75 Å². The molecule has 2 bridgehead atoms. The molecular weight excluding hydrogens is 748 g/mol. The highest BCUT2D eigenvalue weighted by molar-refractivity contribution is 9.09. The standard InChI is InChI=1S/C43H51BrN4O6/c1-6-24-46(32-20-22-34(23-21-32)53-10-5)40(50)36-37-41(51)48(33(28-49)26-29-14-12-11-13-15-29)39(43(37)27-35(44)38(36)54-43)42(52)47(25-7-2)31-18-16-30(17-19-31)45(8-3)9-4/h6-7,11-23,33,35-39,49H,1-2,8-10,24-28H2,3-5H3/t33-,35?,36-,37+,38-,39?,43?/m1/s1. The van der Waals surface area contributed by atoms with Gasteiger partial charge in [-0.25, -0.2) is 0 Å². The Morgan fingerprint density at radius 2 is 1.50 bits per heavy atom. The molecule has 6 rings (SSSR count). The summed E-state index contributed by atoms with van der Waals surface area (Å²) in [6.07, 6.45) is 3.29. The molecule has 1 N–H and O–H groups in total. The van der Waals surface area contributed by atoms with Gasteiger partial charge in [0, 0.05) is 48.1 Å². The van der Waals surface area contributed by atoms with E-state index in [2.05, 4.69) is 47.8 Å². The summed E-state index contributed by atoms with van der Waals surface area (Å²) in [4.78, 5) is 52.1. The molecule has 3 aliphatic heterocycles. The van der Waals surface area contributed by atoms with E-state index < -0.39 is 35.6 Å². The number of halogens is 1. The second-order valence-electron chi connectivity index (χ2n) is 14.0. The number of ether oxygens (including phenoxy) is 2. The molecule has 1 spiro atoms. The highest BCUT2D eigenvalue weighted by Gasteiger charge is 2.77. The van der Waals surface area contributed by atoms with E-state index in [0.717, 1.165) is 24.3 Å². The number of aliphatic hydroxyl groups is 1. The van der Waals surface area contributed by atoms with Crippen molar-refractivity contribution in [3.8, 4) is 5.75 Å². The smallest absolute Gasteiger partial charge is 0.253 e. The topological polar surface area (TPSA) is 103 Å². The van der Waals surface area contributed by atoms with Gasteiger partial charge in [-0.2, -0.15) is 0 Å². The Bertz CT molecular complexity index is 1800. The van der Waals surface area contributed by atoms with Crippen molar-refractivity contribution in [1.29, 1.82) is 0 Å². The molecule has 10 nitrogen and oxygen atoms in total. The van der Waals surface area contributed by atoms with Crippen molar-refractivity contribution in [2.75, 3.05) is 54.1 Å². The van der Waals surface area contributed by atoms with Crippen molar-refractivity contribution in [3.63, 3.8) is 0 Å². The molecule has 3 fully saturated rings. The van der Waals surface area contributed by atoms with Crippen molar-refractivity contribution in [2.24, 2.45) is 11.8 Å². The number of rotatable bonds is 17. The Labute approximate surface area is 327 Å². The molecule has 286 valence electrons. The number of carbonyl (C=O) groups is 3. The monoisotopic (exact) mass is 798 g/mol. The summed E-state index contributed by atoms with van der Waals surface area (Å²) in [6, 6.07) is 22.8. The third-order valence-corrected chi connectivity index (χ3v) is 11.9. The molecule has 3 saturated heterocycles. The van der Waals surface area contributed by atoms with Crippen LogP contribution < -0.4 is 19.4 Å². The van der Waals surface area contributed by atoms with E-state index in [1.807, 2.05) is 85.8 Å². The van der Waals surface area contributed by atoms with E-state index in [-0.39, 0.29) is 42.2 Å². The molecule has 0 aromatic heterocycles. The van der Waals surface area contributed by atoms with Gasteiger partial charge in [0.2, 0.25) is 11.8 Å². The van der Waals surface area contributed by atoms with Crippen molar-refractivity contribution in [3.05, 3.63) is 110 Å². The number of hydrogen-bond donors (Lipinski definition) is 1. The minimum absolute atomic E-state index is 0.180. The lowest BCUT2D eigenvalue weighted by Gasteiger charge is -2.39. The molecule has 11 heteroatoms. The predicted molar refractivity (Wildman–Crippen MR) is 216 cm³/mol. The highest BCUT2D eigenvalue weighted by Crippen LogP contribution is 2.61. The van der Waals surface area contributed by atoms with Crippen LogP contribution in [-0.4, -0.2) is 95.7 Å². The van der Waals surface area contributed by atoms with E-state index >= 15 is 9.59 Å². The van der Waals surface area contributed by atoms with Gasteiger partial charge in [0.1, 0.15) is 17.4 Å². The second kappa shape index (κ2) is 16.9. The van der Waals surface area contributed by atoms with E-state index in [4.69, 9.17) is 9.47 Å². The van der Waals surface area contributed by atoms with Crippen LogP contribution in [0, 0.1) is 11.8 Å². The third kappa shape index (κ3) is 7.09. The van der Waals surface area contributed by atoms with E-state index in [1.54, 1.807) is 22.0 Å². The number of hydrogen-bond acceptors (Lipinski definition) is 7. The first-order chi connectivity index (χ1) is 26.2. The lowest BCUT2D eigenvalue weighted by atomic mass is 9.70. The van der Waals surface area contributed by atoms with Crippen molar-refractivity contribution in [2.45, 2.75) is 62.2 Å². The van der Waals surface area contributed by atoms with Crippen LogP contribution in [-0.2, 0) is 25.5 Å². The minimum atomic E-state index is -1.34. The summed E-state index contributed by atoms with van der Waals surface area (Å²) in [5.41, 5.74) is 1.88. The van der Waals surface area contributed by atoms with E-state index in [9.17, 15) is 9.90 Å². The van der Waals surface area contributed by atoms with E-state index in [1.165, 1.54) is 4.90 Å². The Hall–Kier alpha value is -4.45. The zero-order valence-electron chi connectivity index (χ0n) is 31.4. The van der Waals surface area contributed by atoms with Gasteiger partial charge in [0.25, 0.3) is 5.91 Å². The van der Waals surface area contributed by atoms with Gasteiger partial charge in [0.15, 0.2) is 0 Å². The normalized spacial score (nSPS) is 24.5. The first-order valence-corrected chi connectivity index (χ1v) is 19.8. The number of alkyl halides is 1. The first-order valence-electron chi connectivity index (χ1n) is 18.9. The molecule has 54 heavy (non-hydrogen) atoms.